The molecule has 0 fully saturated rings. The van der Waals surface area contributed by atoms with Gasteiger partial charge in [-0.25, -0.2) is 9.00 Å². The molecule has 0 radical (unpaired) electrons. The van der Waals surface area contributed by atoms with E-state index in [1.54, 1.807) is 26.0 Å². The van der Waals surface area contributed by atoms with Gasteiger partial charge < -0.3 is 14.4 Å². The smallest absolute Gasteiger partial charge is 0.341 e. The topological polar surface area (TPSA) is 83.8 Å². The molecule has 0 aliphatic carbocycles. The third-order valence-corrected chi connectivity index (χ3v) is 2.96. The normalized spacial score (nSPS) is 12.2. The molecule has 0 amide bonds. The maximum absolute atomic E-state index is 11.0. The first-order chi connectivity index (χ1) is 7.41. The van der Waals surface area contributed by atoms with Gasteiger partial charge in [0, 0.05) is 0 Å². The van der Waals surface area contributed by atoms with Crippen molar-refractivity contribution in [1.29, 1.82) is 0 Å². The molecule has 0 saturated carbocycles. The van der Waals surface area contributed by atoms with E-state index in [0.717, 1.165) is 0 Å². The molecule has 1 atom stereocenters. The van der Waals surface area contributed by atoms with E-state index in [9.17, 15) is 9.00 Å². The lowest BCUT2D eigenvalue weighted by atomic mass is 10.1. The van der Waals surface area contributed by atoms with Crippen LogP contribution in [-0.4, -0.2) is 26.4 Å². The van der Waals surface area contributed by atoms with Crippen LogP contribution in [0.5, 0.6) is 5.75 Å². The molecule has 2 N–H and O–H groups in total. The van der Waals surface area contributed by atoms with E-state index in [0.29, 0.717) is 21.8 Å². The molecule has 0 bridgehead atoms. The molecule has 0 heterocycles. The number of hydrogen-bond acceptors (Lipinski definition) is 3. The van der Waals surface area contributed by atoms with Crippen LogP contribution in [0.4, 0.5) is 0 Å². The third-order valence-electron chi connectivity index (χ3n) is 1.97. The van der Waals surface area contributed by atoms with Gasteiger partial charge in [0.1, 0.15) is 5.75 Å². The summed E-state index contributed by atoms with van der Waals surface area (Å²) in [5, 5.41) is 8.44. The zero-order valence-corrected chi connectivity index (χ0v) is 9.71. The van der Waals surface area contributed by atoms with Crippen LogP contribution in [0.2, 0.25) is 0 Å². The Morgan fingerprint density at radius 2 is 1.88 bits per heavy atom. The summed E-state index contributed by atoms with van der Waals surface area (Å²) in [6, 6.07) is 3.08. The van der Waals surface area contributed by atoms with Crippen LogP contribution in [0, 0.1) is 13.8 Å². The number of hydrogen-bond donors (Lipinski definition) is 2. The summed E-state index contributed by atoms with van der Waals surface area (Å²) in [4.78, 5) is 10.6. The van der Waals surface area contributed by atoms with Crippen LogP contribution < -0.4 is 4.74 Å². The lowest BCUT2D eigenvalue weighted by Gasteiger charge is -2.09. The second-order valence-corrected chi connectivity index (χ2v) is 4.22. The van der Waals surface area contributed by atoms with Crippen molar-refractivity contribution >= 4 is 17.0 Å². The van der Waals surface area contributed by atoms with Crippen LogP contribution in [0.1, 0.15) is 11.1 Å². The average molecular weight is 244 g/mol. The molecule has 6 heteroatoms. The lowest BCUT2D eigenvalue weighted by Crippen LogP contribution is -2.10. The molecule has 1 aromatic carbocycles. The van der Waals surface area contributed by atoms with Crippen molar-refractivity contribution in [3.8, 4) is 5.75 Å². The van der Waals surface area contributed by atoms with E-state index in [1.165, 1.54) is 0 Å². The van der Waals surface area contributed by atoms with Crippen LogP contribution in [-0.2, 0) is 15.9 Å². The van der Waals surface area contributed by atoms with Crippen molar-refractivity contribution in [2.45, 2.75) is 18.7 Å². The Hall–Kier alpha value is -1.40. The minimum absolute atomic E-state index is 0.336. The number of carboxylic acids is 1. The maximum Gasteiger partial charge on any atom is 0.341 e. The third kappa shape index (κ3) is 3.04. The second kappa shape index (κ2) is 5.09. The minimum atomic E-state index is -2.04. The number of benzene rings is 1. The van der Waals surface area contributed by atoms with E-state index in [1.807, 2.05) is 0 Å². The van der Waals surface area contributed by atoms with Gasteiger partial charge in [0.25, 0.3) is 0 Å². The summed E-state index contributed by atoms with van der Waals surface area (Å²) in [6.45, 7) is 2.91. The van der Waals surface area contributed by atoms with Crippen LogP contribution in [0.25, 0.3) is 0 Å². The molecule has 1 rings (SSSR count). The Morgan fingerprint density at radius 1 is 1.38 bits per heavy atom. The summed E-state index contributed by atoms with van der Waals surface area (Å²) >= 11 is -2.04. The van der Waals surface area contributed by atoms with Crippen LogP contribution in [0.3, 0.4) is 0 Å². The molecular weight excluding hydrogens is 232 g/mol. The summed E-state index contributed by atoms with van der Waals surface area (Å²) in [6.07, 6.45) is 0. The van der Waals surface area contributed by atoms with Crippen molar-refractivity contribution in [3.63, 3.8) is 0 Å². The van der Waals surface area contributed by atoms with Crippen molar-refractivity contribution in [2.24, 2.45) is 0 Å². The van der Waals surface area contributed by atoms with Crippen molar-refractivity contribution < 1.29 is 23.4 Å². The zero-order chi connectivity index (χ0) is 12.3. The number of aliphatic carboxylic acids is 1. The van der Waals surface area contributed by atoms with E-state index in [-0.39, 0.29) is 0 Å². The largest absolute Gasteiger partial charge is 0.482 e. The Bertz CT molecular complexity index is 418. The van der Waals surface area contributed by atoms with E-state index < -0.39 is 23.7 Å². The van der Waals surface area contributed by atoms with Crippen molar-refractivity contribution in [1.82, 2.24) is 0 Å². The van der Waals surface area contributed by atoms with Gasteiger partial charge in [-0.05, 0) is 37.1 Å². The molecule has 0 aliphatic heterocycles. The monoisotopic (exact) mass is 244 g/mol. The van der Waals surface area contributed by atoms with Gasteiger partial charge in [-0.3, -0.25) is 0 Å². The molecule has 0 spiro atoms. The van der Waals surface area contributed by atoms with Gasteiger partial charge >= 0.3 is 5.97 Å². The van der Waals surface area contributed by atoms with Crippen LogP contribution >= 0.6 is 0 Å². The number of aryl methyl sites for hydroxylation is 2. The fourth-order valence-corrected chi connectivity index (χ4v) is 2.08. The molecule has 5 nitrogen and oxygen atoms in total. The average Bonchev–Trinajstić information content (AvgIpc) is 2.12. The van der Waals surface area contributed by atoms with E-state index >= 15 is 0 Å². The van der Waals surface area contributed by atoms with Crippen molar-refractivity contribution in [3.05, 3.63) is 23.3 Å². The van der Waals surface area contributed by atoms with Gasteiger partial charge in [-0.2, -0.15) is 0 Å². The molecular formula is C10H12O5S. The van der Waals surface area contributed by atoms with Gasteiger partial charge in [0.15, 0.2) is 17.7 Å². The van der Waals surface area contributed by atoms with E-state index in [2.05, 4.69) is 0 Å². The highest BCUT2D eigenvalue weighted by Crippen LogP contribution is 2.23. The zero-order valence-electron chi connectivity index (χ0n) is 8.89. The van der Waals surface area contributed by atoms with Gasteiger partial charge in [0.05, 0.1) is 4.90 Å². The second-order valence-electron chi connectivity index (χ2n) is 3.32. The highest BCUT2D eigenvalue weighted by molar-refractivity contribution is 7.79. The van der Waals surface area contributed by atoms with E-state index in [4.69, 9.17) is 14.4 Å². The highest BCUT2D eigenvalue weighted by Gasteiger charge is 2.11. The summed E-state index contributed by atoms with van der Waals surface area (Å²) in [7, 11) is 0. The molecule has 0 aliphatic rings. The summed E-state index contributed by atoms with van der Waals surface area (Å²) in [5.74, 6) is -0.684. The first-order valence-corrected chi connectivity index (χ1v) is 5.59. The predicted octanol–water partition coefficient (Wildman–Crippen LogP) is 1.35. The number of rotatable bonds is 4. The van der Waals surface area contributed by atoms with Gasteiger partial charge in [0.2, 0.25) is 0 Å². The minimum Gasteiger partial charge on any atom is -0.482 e. The Balaban J connectivity index is 3.00. The first-order valence-electron chi connectivity index (χ1n) is 4.48. The Kier molecular flexibility index (Phi) is 4.03. The molecule has 16 heavy (non-hydrogen) atoms. The lowest BCUT2D eigenvalue weighted by molar-refractivity contribution is -0.139. The molecule has 0 aromatic heterocycles. The molecule has 1 unspecified atom stereocenters. The van der Waals surface area contributed by atoms with Crippen molar-refractivity contribution in [2.75, 3.05) is 6.61 Å². The number of carboxylic acid groups (broad SMARTS) is 1. The summed E-state index contributed by atoms with van der Waals surface area (Å²) in [5.41, 5.74) is 1.20. The maximum atomic E-state index is 11.0. The molecule has 88 valence electrons. The number of carbonyl (C=O) groups is 1. The standard InChI is InChI=1S/C10H12O5S/c1-6-3-8(15-5-9(11)12)4-7(2)10(6)16(13)14/h3-4H,5H2,1-2H3,(H,11,12)(H,13,14). The quantitative estimate of drug-likeness (QED) is 0.781. The summed E-state index contributed by atoms with van der Waals surface area (Å²) < 4.78 is 25.0. The molecule has 1 aromatic rings. The Morgan fingerprint density at radius 3 is 2.25 bits per heavy atom. The highest BCUT2D eigenvalue weighted by atomic mass is 32.2. The SMILES string of the molecule is Cc1cc(OCC(=O)O)cc(C)c1S(=O)O. The van der Waals surface area contributed by atoms with Gasteiger partial charge in [-0.15, -0.1) is 0 Å². The fourth-order valence-electron chi connectivity index (χ4n) is 1.41. The van der Waals surface area contributed by atoms with Crippen LogP contribution in [0.15, 0.2) is 17.0 Å². The van der Waals surface area contributed by atoms with Gasteiger partial charge in [-0.1, -0.05) is 0 Å². The number of ether oxygens (including phenoxy) is 1. The fraction of sp³-hybridized carbons (Fsp3) is 0.300. The molecule has 0 saturated heterocycles. The predicted molar refractivity (Wildman–Crippen MR) is 58.1 cm³/mol. The Labute approximate surface area is 95.3 Å². The first kappa shape index (κ1) is 12.7.